The number of carbonyl (C=O) groups is 1. The lowest BCUT2D eigenvalue weighted by Crippen LogP contribution is -2.39. The van der Waals surface area contributed by atoms with E-state index in [-0.39, 0.29) is 17.5 Å². The Bertz CT molecular complexity index is 849. The first-order valence-electron chi connectivity index (χ1n) is 8.49. The van der Waals surface area contributed by atoms with Crippen LogP contribution in [-0.2, 0) is 4.79 Å². The van der Waals surface area contributed by atoms with E-state index in [0.29, 0.717) is 17.1 Å². The Balaban J connectivity index is 1.87. The van der Waals surface area contributed by atoms with Gasteiger partial charge in [0.25, 0.3) is 0 Å². The summed E-state index contributed by atoms with van der Waals surface area (Å²) in [6.07, 6.45) is 3.79. The molecule has 0 unspecified atom stereocenters. The molecule has 0 aliphatic heterocycles. The number of phenolic OH excluding ortho intramolecular Hbond substituents is 2. The molecule has 26 heavy (non-hydrogen) atoms. The number of hydrogen-bond donors (Lipinski definition) is 2. The Hall–Kier alpha value is -3.28. The van der Waals surface area contributed by atoms with Gasteiger partial charge < -0.3 is 19.6 Å². The third-order valence-electron chi connectivity index (χ3n) is 4.78. The molecular formula is C20H18N2O4. The third-order valence-corrected chi connectivity index (χ3v) is 4.78. The number of hydrogen-bond acceptors (Lipinski definition) is 5. The lowest BCUT2D eigenvalue weighted by molar-refractivity contribution is -0.108. The molecule has 3 aromatic rings. The van der Waals surface area contributed by atoms with Crippen molar-refractivity contribution in [2.45, 2.75) is 25.3 Å². The average Bonchev–Trinajstić information content (AvgIpc) is 3.04. The highest BCUT2D eigenvalue weighted by molar-refractivity contribution is 5.93. The van der Waals surface area contributed by atoms with Crippen molar-refractivity contribution < 1.29 is 19.5 Å². The molecule has 132 valence electrons. The summed E-state index contributed by atoms with van der Waals surface area (Å²) in [4.78, 5) is 13.6. The van der Waals surface area contributed by atoms with Crippen LogP contribution in [0.4, 0.5) is 5.69 Å². The summed E-state index contributed by atoms with van der Waals surface area (Å²) in [6, 6.07) is 13.3. The molecule has 0 bridgehead atoms. The summed E-state index contributed by atoms with van der Waals surface area (Å²) in [5.74, 6) is 0.788. The molecule has 0 radical (unpaired) electrons. The van der Waals surface area contributed by atoms with Crippen LogP contribution in [0.5, 0.6) is 11.5 Å². The van der Waals surface area contributed by atoms with E-state index in [1.807, 2.05) is 0 Å². The molecule has 2 aromatic carbocycles. The zero-order chi connectivity index (χ0) is 18.1. The predicted octanol–water partition coefficient (Wildman–Crippen LogP) is 3.94. The van der Waals surface area contributed by atoms with Crippen LogP contribution in [0.15, 0.2) is 53.1 Å². The summed E-state index contributed by atoms with van der Waals surface area (Å²) >= 11 is 0. The highest BCUT2D eigenvalue weighted by Gasteiger charge is 2.32. The number of benzene rings is 2. The Labute approximate surface area is 150 Å². The molecule has 1 heterocycles. The minimum Gasteiger partial charge on any atom is -0.508 e. The number of rotatable bonds is 5. The molecular weight excluding hydrogens is 332 g/mol. The summed E-state index contributed by atoms with van der Waals surface area (Å²) in [5.41, 5.74) is 2.63. The van der Waals surface area contributed by atoms with Gasteiger partial charge in [-0.25, -0.2) is 0 Å². The molecule has 1 saturated carbocycles. The third kappa shape index (κ3) is 2.79. The van der Waals surface area contributed by atoms with Gasteiger partial charge in [-0.2, -0.15) is 0 Å². The van der Waals surface area contributed by atoms with Crippen molar-refractivity contribution in [3.8, 4) is 34.1 Å². The number of carbonyl (C=O) groups excluding carboxylic acids is 1. The second-order valence-corrected chi connectivity index (χ2v) is 6.40. The van der Waals surface area contributed by atoms with Crippen molar-refractivity contribution in [1.82, 2.24) is 5.16 Å². The van der Waals surface area contributed by atoms with Crippen molar-refractivity contribution in [3.05, 3.63) is 48.5 Å². The van der Waals surface area contributed by atoms with E-state index in [4.69, 9.17) is 4.52 Å². The zero-order valence-electron chi connectivity index (χ0n) is 14.0. The van der Waals surface area contributed by atoms with E-state index in [2.05, 4.69) is 5.16 Å². The molecule has 1 aliphatic carbocycles. The van der Waals surface area contributed by atoms with Gasteiger partial charge in [0.1, 0.15) is 22.9 Å². The standard InChI is InChI=1S/C20H18N2O4/c23-12-22(15-2-1-3-15)19-18(13-4-8-16(24)9-5-13)21-26-20(19)14-6-10-17(25)11-7-14/h4-12,15,24-25H,1-3H2. The monoisotopic (exact) mass is 350 g/mol. The van der Waals surface area contributed by atoms with Crippen LogP contribution in [0.25, 0.3) is 22.6 Å². The fourth-order valence-corrected chi connectivity index (χ4v) is 3.12. The van der Waals surface area contributed by atoms with Crippen LogP contribution in [-0.4, -0.2) is 27.8 Å². The number of aromatic hydroxyl groups is 2. The second-order valence-electron chi connectivity index (χ2n) is 6.40. The van der Waals surface area contributed by atoms with Crippen LogP contribution in [0.2, 0.25) is 0 Å². The molecule has 6 nitrogen and oxygen atoms in total. The summed E-state index contributed by atoms with van der Waals surface area (Å²) in [7, 11) is 0. The normalized spacial score (nSPS) is 14.0. The van der Waals surface area contributed by atoms with Gasteiger partial charge >= 0.3 is 0 Å². The van der Waals surface area contributed by atoms with Gasteiger partial charge in [-0.05, 0) is 67.8 Å². The predicted molar refractivity (Wildman–Crippen MR) is 96.9 cm³/mol. The van der Waals surface area contributed by atoms with Gasteiger partial charge in [0, 0.05) is 17.2 Å². The molecule has 0 spiro atoms. The van der Waals surface area contributed by atoms with Gasteiger partial charge in [0.15, 0.2) is 5.76 Å². The molecule has 1 amide bonds. The fourth-order valence-electron chi connectivity index (χ4n) is 3.12. The maximum absolute atomic E-state index is 11.9. The van der Waals surface area contributed by atoms with E-state index in [9.17, 15) is 15.0 Å². The molecule has 2 N–H and O–H groups in total. The first-order chi connectivity index (χ1) is 12.7. The van der Waals surface area contributed by atoms with Gasteiger partial charge in [0.2, 0.25) is 6.41 Å². The number of phenols is 2. The van der Waals surface area contributed by atoms with E-state index in [1.165, 1.54) is 0 Å². The van der Waals surface area contributed by atoms with Crippen molar-refractivity contribution in [2.75, 3.05) is 4.90 Å². The first kappa shape index (κ1) is 16.2. The minimum absolute atomic E-state index is 0.124. The summed E-state index contributed by atoms with van der Waals surface area (Å²) in [6.45, 7) is 0. The SMILES string of the molecule is O=CN(c1c(-c2ccc(O)cc2)noc1-c1ccc(O)cc1)C1CCC1. The lowest BCUT2D eigenvalue weighted by Gasteiger charge is -2.34. The largest absolute Gasteiger partial charge is 0.508 e. The molecule has 1 aliphatic rings. The maximum atomic E-state index is 11.9. The highest BCUT2D eigenvalue weighted by Crippen LogP contribution is 2.42. The minimum atomic E-state index is 0.124. The molecule has 0 saturated heterocycles. The quantitative estimate of drug-likeness (QED) is 0.681. The van der Waals surface area contributed by atoms with Gasteiger partial charge in [-0.3, -0.25) is 4.79 Å². The van der Waals surface area contributed by atoms with Crippen molar-refractivity contribution in [3.63, 3.8) is 0 Å². The Morgan fingerprint density at radius 3 is 2.04 bits per heavy atom. The number of aromatic nitrogens is 1. The van der Waals surface area contributed by atoms with Crippen molar-refractivity contribution >= 4 is 12.1 Å². The summed E-state index contributed by atoms with van der Waals surface area (Å²) in [5, 5.41) is 23.3. The smallest absolute Gasteiger partial charge is 0.214 e. The fraction of sp³-hybridized carbons (Fsp3) is 0.200. The van der Waals surface area contributed by atoms with E-state index in [1.54, 1.807) is 53.4 Å². The molecule has 0 atom stereocenters. The summed E-state index contributed by atoms with van der Waals surface area (Å²) < 4.78 is 5.61. The van der Waals surface area contributed by atoms with Crippen LogP contribution < -0.4 is 4.90 Å². The maximum Gasteiger partial charge on any atom is 0.214 e. The van der Waals surface area contributed by atoms with Crippen LogP contribution in [0.1, 0.15) is 19.3 Å². The van der Waals surface area contributed by atoms with Gasteiger partial charge in [-0.1, -0.05) is 5.16 Å². The molecule has 1 aromatic heterocycles. The van der Waals surface area contributed by atoms with Crippen molar-refractivity contribution in [2.24, 2.45) is 0 Å². The Morgan fingerprint density at radius 1 is 0.962 bits per heavy atom. The van der Waals surface area contributed by atoms with E-state index >= 15 is 0 Å². The number of nitrogens with zero attached hydrogens (tertiary/aromatic N) is 2. The Kier molecular flexibility index (Phi) is 4.08. The highest BCUT2D eigenvalue weighted by atomic mass is 16.5. The van der Waals surface area contributed by atoms with Crippen LogP contribution >= 0.6 is 0 Å². The molecule has 1 fully saturated rings. The number of anilines is 1. The average molecular weight is 350 g/mol. The van der Waals surface area contributed by atoms with Crippen LogP contribution in [0.3, 0.4) is 0 Å². The molecule has 6 heteroatoms. The van der Waals surface area contributed by atoms with E-state index in [0.717, 1.165) is 36.8 Å². The van der Waals surface area contributed by atoms with Gasteiger partial charge in [-0.15, -0.1) is 0 Å². The Morgan fingerprint density at radius 2 is 1.54 bits per heavy atom. The van der Waals surface area contributed by atoms with E-state index < -0.39 is 0 Å². The second kappa shape index (κ2) is 6.55. The first-order valence-corrected chi connectivity index (χ1v) is 8.49. The lowest BCUT2D eigenvalue weighted by atomic mass is 9.90. The zero-order valence-corrected chi connectivity index (χ0v) is 14.0. The van der Waals surface area contributed by atoms with Crippen molar-refractivity contribution in [1.29, 1.82) is 0 Å². The van der Waals surface area contributed by atoms with Crippen LogP contribution in [0, 0.1) is 0 Å². The van der Waals surface area contributed by atoms with Gasteiger partial charge in [0.05, 0.1) is 0 Å². The topological polar surface area (TPSA) is 86.8 Å². The number of amides is 1. The molecule has 4 rings (SSSR count).